The van der Waals surface area contributed by atoms with Crippen molar-refractivity contribution < 1.29 is 13.9 Å². The molecule has 0 saturated heterocycles. The topological polar surface area (TPSA) is 71.8 Å². The molecule has 1 N–H and O–H groups in total. The highest BCUT2D eigenvalue weighted by molar-refractivity contribution is 6.32. The van der Waals surface area contributed by atoms with Crippen molar-refractivity contribution in [3.63, 3.8) is 0 Å². The minimum Gasteiger partial charge on any atom is -0.482 e. The summed E-state index contributed by atoms with van der Waals surface area (Å²) >= 11 is 6.01. The van der Waals surface area contributed by atoms with Gasteiger partial charge in [-0.3, -0.25) is 4.79 Å². The van der Waals surface area contributed by atoms with Crippen LogP contribution in [0.15, 0.2) is 63.8 Å². The Morgan fingerprint density at radius 1 is 1.18 bits per heavy atom. The predicted octanol–water partition coefficient (Wildman–Crippen LogP) is 3.79. The molecule has 6 nitrogen and oxygen atoms in total. The van der Waals surface area contributed by atoms with E-state index >= 15 is 0 Å². The fourth-order valence-corrected chi connectivity index (χ4v) is 2.92. The molecule has 0 aliphatic rings. The summed E-state index contributed by atoms with van der Waals surface area (Å²) in [4.78, 5) is 25.5. The Balaban J connectivity index is 1.47. The Kier molecular flexibility index (Phi) is 6.55. The number of anilines is 1. The quantitative estimate of drug-likeness (QED) is 0.460. The third-order valence-corrected chi connectivity index (χ3v) is 4.56. The van der Waals surface area contributed by atoms with Crippen LogP contribution < -0.4 is 15.7 Å². The Morgan fingerprint density at radius 3 is 2.75 bits per heavy atom. The molecule has 2 aromatic carbocycles. The van der Waals surface area contributed by atoms with Crippen LogP contribution in [0, 0.1) is 0 Å². The number of hydrogen-bond donors (Lipinski definition) is 1. The third kappa shape index (κ3) is 5.04. The van der Waals surface area contributed by atoms with Crippen molar-refractivity contribution in [3.05, 3.63) is 70.0 Å². The molecule has 1 heterocycles. The minimum absolute atomic E-state index is 0.0714. The first-order valence-corrected chi connectivity index (χ1v) is 9.30. The summed E-state index contributed by atoms with van der Waals surface area (Å²) in [7, 11) is 1.73. The van der Waals surface area contributed by atoms with Gasteiger partial charge in [-0.2, -0.15) is 0 Å². The van der Waals surface area contributed by atoms with E-state index in [4.69, 9.17) is 20.8 Å². The molecule has 3 aromatic rings. The van der Waals surface area contributed by atoms with Crippen molar-refractivity contribution in [2.24, 2.45) is 0 Å². The molecular weight excluding hydrogens is 380 g/mol. The number of fused-ring (bicyclic) bond motifs is 1. The molecule has 146 valence electrons. The summed E-state index contributed by atoms with van der Waals surface area (Å²) in [6.45, 7) is 1.09. The zero-order chi connectivity index (χ0) is 19.9. The van der Waals surface area contributed by atoms with E-state index in [0.29, 0.717) is 35.9 Å². The number of rotatable bonds is 8. The minimum atomic E-state index is -0.398. The number of carbonyl (C=O) groups excluding carboxylic acids is 1. The highest BCUT2D eigenvalue weighted by atomic mass is 35.5. The summed E-state index contributed by atoms with van der Waals surface area (Å²) in [5, 5.41) is 4.56. The molecule has 0 aliphatic heterocycles. The van der Waals surface area contributed by atoms with Crippen LogP contribution in [0.5, 0.6) is 5.75 Å². The molecular formula is C21H21ClN2O4. The van der Waals surface area contributed by atoms with E-state index in [1.165, 1.54) is 6.07 Å². The van der Waals surface area contributed by atoms with Crippen LogP contribution in [-0.4, -0.2) is 37.6 Å². The van der Waals surface area contributed by atoms with Gasteiger partial charge < -0.3 is 19.4 Å². The third-order valence-electron chi connectivity index (χ3n) is 4.25. The molecule has 0 atom stereocenters. The number of carbonyl (C=O) groups is 1. The van der Waals surface area contributed by atoms with Crippen molar-refractivity contribution in [2.45, 2.75) is 6.42 Å². The van der Waals surface area contributed by atoms with Crippen LogP contribution in [-0.2, 0) is 4.79 Å². The normalized spacial score (nSPS) is 10.6. The van der Waals surface area contributed by atoms with E-state index < -0.39 is 5.63 Å². The lowest BCUT2D eigenvalue weighted by atomic mass is 10.2. The number of amides is 1. The smallest absolute Gasteiger partial charge is 0.338 e. The van der Waals surface area contributed by atoms with Crippen LogP contribution >= 0.6 is 11.6 Å². The number of halogens is 1. The van der Waals surface area contributed by atoms with Gasteiger partial charge in [0.2, 0.25) is 0 Å². The summed E-state index contributed by atoms with van der Waals surface area (Å²) < 4.78 is 10.7. The molecule has 1 amide bonds. The molecule has 7 heteroatoms. The molecule has 0 radical (unpaired) electrons. The Labute approximate surface area is 167 Å². The molecule has 0 bridgehead atoms. The number of para-hydroxylation sites is 2. The van der Waals surface area contributed by atoms with Gasteiger partial charge in [0, 0.05) is 31.6 Å². The first kappa shape index (κ1) is 19.8. The number of ether oxygens (including phenoxy) is 1. The lowest BCUT2D eigenvalue weighted by Crippen LogP contribution is -2.33. The largest absolute Gasteiger partial charge is 0.482 e. The van der Waals surface area contributed by atoms with E-state index in [-0.39, 0.29) is 12.5 Å². The highest BCUT2D eigenvalue weighted by Crippen LogP contribution is 2.23. The maximum absolute atomic E-state index is 12.2. The average Bonchev–Trinajstić information content (AvgIpc) is 2.70. The number of likely N-dealkylation sites (N-methyl/N-ethyl adjacent to an activating group) is 1. The van der Waals surface area contributed by atoms with Crippen LogP contribution in [0.25, 0.3) is 11.0 Å². The predicted molar refractivity (Wildman–Crippen MR) is 110 cm³/mol. The summed E-state index contributed by atoms with van der Waals surface area (Å²) in [6.07, 6.45) is 0.711. The van der Waals surface area contributed by atoms with E-state index in [2.05, 4.69) is 5.32 Å². The Hall–Kier alpha value is -2.99. The maximum atomic E-state index is 12.2. The standard InChI is InChI=1S/C21H21ClN2O4/c1-24(20(25)14-27-19-10-5-3-8-16(19)22)12-6-11-23-17-13-21(26)28-18-9-4-2-7-15(17)18/h2-5,7-10,13,23H,6,11-12,14H2,1H3. The fourth-order valence-electron chi connectivity index (χ4n) is 2.73. The van der Waals surface area contributed by atoms with Gasteiger partial charge in [-0.15, -0.1) is 0 Å². The molecule has 3 rings (SSSR count). The SMILES string of the molecule is CN(CCCNc1cc(=O)oc2ccccc12)C(=O)COc1ccccc1Cl. The monoisotopic (exact) mass is 400 g/mol. The van der Waals surface area contributed by atoms with E-state index in [9.17, 15) is 9.59 Å². The van der Waals surface area contributed by atoms with Crippen molar-refractivity contribution in [2.75, 3.05) is 32.1 Å². The average molecular weight is 401 g/mol. The lowest BCUT2D eigenvalue weighted by molar-refractivity contribution is -0.132. The van der Waals surface area contributed by atoms with Gasteiger partial charge in [-0.05, 0) is 30.7 Å². The van der Waals surface area contributed by atoms with Gasteiger partial charge >= 0.3 is 5.63 Å². The van der Waals surface area contributed by atoms with Gasteiger partial charge in [-0.25, -0.2) is 4.79 Å². The number of benzene rings is 2. The molecule has 0 saturated carbocycles. The molecule has 28 heavy (non-hydrogen) atoms. The first-order chi connectivity index (χ1) is 13.5. The van der Waals surface area contributed by atoms with Crippen LogP contribution in [0.4, 0.5) is 5.69 Å². The number of hydrogen-bond acceptors (Lipinski definition) is 5. The second kappa shape index (κ2) is 9.28. The summed E-state index contributed by atoms with van der Waals surface area (Å²) in [6, 6.07) is 15.8. The fraction of sp³-hybridized carbons (Fsp3) is 0.238. The maximum Gasteiger partial charge on any atom is 0.338 e. The Morgan fingerprint density at radius 2 is 1.93 bits per heavy atom. The van der Waals surface area contributed by atoms with Crippen molar-refractivity contribution >= 4 is 34.2 Å². The summed E-state index contributed by atoms with van der Waals surface area (Å²) in [5.74, 6) is 0.355. The molecule has 1 aromatic heterocycles. The van der Waals surface area contributed by atoms with E-state index in [1.807, 2.05) is 18.2 Å². The van der Waals surface area contributed by atoms with Gasteiger partial charge in [0.25, 0.3) is 5.91 Å². The van der Waals surface area contributed by atoms with Crippen LogP contribution in [0.1, 0.15) is 6.42 Å². The van der Waals surface area contributed by atoms with Crippen LogP contribution in [0.3, 0.4) is 0 Å². The zero-order valence-electron chi connectivity index (χ0n) is 15.5. The molecule has 0 unspecified atom stereocenters. The zero-order valence-corrected chi connectivity index (χ0v) is 16.2. The molecule has 0 aliphatic carbocycles. The second-order valence-corrected chi connectivity index (χ2v) is 6.70. The lowest BCUT2D eigenvalue weighted by Gasteiger charge is -2.18. The second-order valence-electron chi connectivity index (χ2n) is 6.29. The van der Waals surface area contributed by atoms with Gasteiger partial charge in [0.15, 0.2) is 6.61 Å². The Bertz CT molecular complexity index is 1020. The first-order valence-electron chi connectivity index (χ1n) is 8.92. The van der Waals surface area contributed by atoms with Gasteiger partial charge in [0.05, 0.1) is 10.7 Å². The van der Waals surface area contributed by atoms with E-state index in [0.717, 1.165) is 11.1 Å². The van der Waals surface area contributed by atoms with Gasteiger partial charge in [-0.1, -0.05) is 35.9 Å². The van der Waals surface area contributed by atoms with Crippen molar-refractivity contribution in [1.29, 1.82) is 0 Å². The van der Waals surface area contributed by atoms with Crippen molar-refractivity contribution in [1.82, 2.24) is 4.90 Å². The highest BCUT2D eigenvalue weighted by Gasteiger charge is 2.11. The molecule has 0 spiro atoms. The van der Waals surface area contributed by atoms with Crippen LogP contribution in [0.2, 0.25) is 5.02 Å². The van der Waals surface area contributed by atoms with E-state index in [1.54, 1.807) is 42.3 Å². The van der Waals surface area contributed by atoms with Gasteiger partial charge in [0.1, 0.15) is 11.3 Å². The molecule has 0 fully saturated rings. The summed E-state index contributed by atoms with van der Waals surface area (Å²) in [5.41, 5.74) is 0.870. The number of nitrogens with zero attached hydrogens (tertiary/aromatic N) is 1. The van der Waals surface area contributed by atoms with Crippen molar-refractivity contribution in [3.8, 4) is 5.75 Å². The number of nitrogens with one attached hydrogen (secondary N) is 1.